The second-order valence-electron chi connectivity index (χ2n) is 4.64. The first kappa shape index (κ1) is 13.2. The first-order valence-corrected chi connectivity index (χ1v) is 6.67. The van der Waals surface area contributed by atoms with Gasteiger partial charge in [0.1, 0.15) is 5.82 Å². The SMILES string of the molecule is CCC(NC(=O)c1nc2nccc(C)n2n1)c1ncc[nH]1. The molecule has 1 amide bonds. The molecule has 0 radical (unpaired) electrons. The summed E-state index contributed by atoms with van der Waals surface area (Å²) in [6, 6.07) is 1.61. The largest absolute Gasteiger partial charge is 0.347 e. The van der Waals surface area contributed by atoms with Crippen LogP contribution >= 0.6 is 0 Å². The van der Waals surface area contributed by atoms with Crippen molar-refractivity contribution in [1.82, 2.24) is 34.9 Å². The Hall–Kier alpha value is -2.77. The van der Waals surface area contributed by atoms with E-state index in [0.29, 0.717) is 18.0 Å². The summed E-state index contributed by atoms with van der Waals surface area (Å²) >= 11 is 0. The molecule has 1 atom stereocenters. The minimum Gasteiger partial charge on any atom is -0.347 e. The number of hydrogen-bond donors (Lipinski definition) is 2. The van der Waals surface area contributed by atoms with Crippen LogP contribution in [0.1, 0.15) is 41.5 Å². The highest BCUT2D eigenvalue weighted by Gasteiger charge is 2.19. The van der Waals surface area contributed by atoms with Gasteiger partial charge in [0.2, 0.25) is 5.82 Å². The van der Waals surface area contributed by atoms with E-state index in [1.165, 1.54) is 0 Å². The fourth-order valence-corrected chi connectivity index (χ4v) is 2.06. The van der Waals surface area contributed by atoms with Gasteiger partial charge in [-0.15, -0.1) is 5.10 Å². The minimum atomic E-state index is -0.344. The van der Waals surface area contributed by atoms with Crippen LogP contribution in [0.5, 0.6) is 0 Å². The third kappa shape index (κ3) is 2.47. The summed E-state index contributed by atoms with van der Waals surface area (Å²) in [7, 11) is 0. The molecular weight excluding hydrogens is 270 g/mol. The highest BCUT2D eigenvalue weighted by Crippen LogP contribution is 2.12. The van der Waals surface area contributed by atoms with Crippen molar-refractivity contribution < 1.29 is 4.79 Å². The van der Waals surface area contributed by atoms with Crippen molar-refractivity contribution >= 4 is 11.7 Å². The molecule has 3 aromatic rings. The molecule has 108 valence electrons. The Balaban J connectivity index is 1.85. The standard InChI is InChI=1S/C13H15N7O/c1-3-9(10-14-6-7-15-10)17-12(21)11-18-13-16-5-4-8(2)20(13)19-11/h4-7,9H,3H2,1-2H3,(H,14,15)(H,17,21). The van der Waals surface area contributed by atoms with E-state index in [2.05, 4.69) is 30.4 Å². The number of carbonyl (C=O) groups is 1. The Bertz CT molecular complexity index is 762. The Morgan fingerprint density at radius 3 is 2.95 bits per heavy atom. The maximum atomic E-state index is 12.3. The smallest absolute Gasteiger partial charge is 0.291 e. The van der Waals surface area contributed by atoms with Crippen molar-refractivity contribution in [3.05, 3.63) is 42.0 Å². The average Bonchev–Trinajstić information content (AvgIpc) is 3.14. The zero-order chi connectivity index (χ0) is 14.8. The first-order chi connectivity index (χ1) is 10.2. The van der Waals surface area contributed by atoms with Crippen molar-refractivity contribution in [2.45, 2.75) is 26.3 Å². The number of aryl methyl sites for hydroxylation is 1. The molecule has 0 aliphatic heterocycles. The summed E-state index contributed by atoms with van der Waals surface area (Å²) in [5, 5.41) is 7.05. The zero-order valence-electron chi connectivity index (χ0n) is 11.7. The lowest BCUT2D eigenvalue weighted by molar-refractivity contribution is 0.0923. The van der Waals surface area contributed by atoms with E-state index in [1.54, 1.807) is 29.2 Å². The monoisotopic (exact) mass is 285 g/mol. The molecule has 8 heteroatoms. The topological polar surface area (TPSA) is 101 Å². The lowest BCUT2D eigenvalue weighted by Crippen LogP contribution is -2.29. The van der Waals surface area contributed by atoms with E-state index in [4.69, 9.17) is 0 Å². The van der Waals surface area contributed by atoms with E-state index in [1.807, 2.05) is 13.8 Å². The van der Waals surface area contributed by atoms with Gasteiger partial charge in [-0.2, -0.15) is 4.98 Å². The number of rotatable bonds is 4. The van der Waals surface area contributed by atoms with Crippen LogP contribution in [-0.4, -0.2) is 35.5 Å². The van der Waals surface area contributed by atoms with E-state index in [0.717, 1.165) is 5.69 Å². The van der Waals surface area contributed by atoms with Gasteiger partial charge in [-0.1, -0.05) is 6.92 Å². The minimum absolute atomic E-state index is 0.0989. The summed E-state index contributed by atoms with van der Waals surface area (Å²) in [6.07, 6.45) is 5.73. The number of H-pyrrole nitrogens is 1. The maximum Gasteiger partial charge on any atom is 0.291 e. The number of imidazole rings is 1. The summed E-state index contributed by atoms with van der Waals surface area (Å²) in [5.41, 5.74) is 0.865. The molecule has 0 bridgehead atoms. The molecule has 8 nitrogen and oxygen atoms in total. The van der Waals surface area contributed by atoms with E-state index >= 15 is 0 Å². The zero-order valence-corrected chi connectivity index (χ0v) is 11.7. The number of fused-ring (bicyclic) bond motifs is 1. The molecule has 0 saturated heterocycles. The van der Waals surface area contributed by atoms with Crippen molar-refractivity contribution in [2.75, 3.05) is 0 Å². The van der Waals surface area contributed by atoms with Crippen LogP contribution in [-0.2, 0) is 0 Å². The normalized spacial score (nSPS) is 12.5. The molecule has 0 saturated carbocycles. The van der Waals surface area contributed by atoms with E-state index in [9.17, 15) is 4.79 Å². The van der Waals surface area contributed by atoms with Crippen molar-refractivity contribution in [3.63, 3.8) is 0 Å². The average molecular weight is 285 g/mol. The highest BCUT2D eigenvalue weighted by atomic mass is 16.2. The van der Waals surface area contributed by atoms with Crippen LogP contribution in [0.3, 0.4) is 0 Å². The maximum absolute atomic E-state index is 12.3. The molecule has 21 heavy (non-hydrogen) atoms. The fourth-order valence-electron chi connectivity index (χ4n) is 2.06. The van der Waals surface area contributed by atoms with Gasteiger partial charge >= 0.3 is 0 Å². The summed E-state index contributed by atoms with van der Waals surface area (Å²) in [4.78, 5) is 27.7. The first-order valence-electron chi connectivity index (χ1n) is 6.67. The molecule has 3 aromatic heterocycles. The summed E-state index contributed by atoms with van der Waals surface area (Å²) < 4.78 is 1.54. The number of amides is 1. The number of nitrogens with zero attached hydrogens (tertiary/aromatic N) is 5. The summed E-state index contributed by atoms with van der Waals surface area (Å²) in [5.74, 6) is 0.875. The van der Waals surface area contributed by atoms with Crippen LogP contribution in [0, 0.1) is 6.92 Å². The molecule has 0 aromatic carbocycles. The quantitative estimate of drug-likeness (QED) is 0.745. The second-order valence-corrected chi connectivity index (χ2v) is 4.64. The number of aromatic nitrogens is 6. The van der Waals surface area contributed by atoms with Crippen molar-refractivity contribution in [2.24, 2.45) is 0 Å². The van der Waals surface area contributed by atoms with Crippen LogP contribution in [0.15, 0.2) is 24.7 Å². The third-order valence-corrected chi connectivity index (χ3v) is 3.20. The van der Waals surface area contributed by atoms with Gasteiger partial charge in [0.15, 0.2) is 0 Å². The van der Waals surface area contributed by atoms with Gasteiger partial charge in [-0.25, -0.2) is 14.5 Å². The highest BCUT2D eigenvalue weighted by molar-refractivity contribution is 5.91. The Morgan fingerprint density at radius 1 is 1.43 bits per heavy atom. The van der Waals surface area contributed by atoms with E-state index in [-0.39, 0.29) is 17.8 Å². The second kappa shape index (κ2) is 5.31. The fraction of sp³-hybridized carbons (Fsp3) is 0.308. The lowest BCUT2D eigenvalue weighted by atomic mass is 10.2. The number of carbonyl (C=O) groups excluding carboxylic acids is 1. The molecule has 1 unspecified atom stereocenters. The van der Waals surface area contributed by atoms with Crippen LogP contribution in [0.4, 0.5) is 0 Å². The predicted molar refractivity (Wildman–Crippen MR) is 74.6 cm³/mol. The number of nitrogens with one attached hydrogen (secondary N) is 2. The van der Waals surface area contributed by atoms with Crippen LogP contribution in [0.2, 0.25) is 0 Å². The van der Waals surface area contributed by atoms with Crippen molar-refractivity contribution in [3.8, 4) is 0 Å². The van der Waals surface area contributed by atoms with Crippen molar-refractivity contribution in [1.29, 1.82) is 0 Å². The van der Waals surface area contributed by atoms with Crippen LogP contribution < -0.4 is 5.32 Å². The van der Waals surface area contributed by atoms with Gasteiger partial charge in [-0.3, -0.25) is 4.79 Å². The molecule has 3 heterocycles. The number of hydrogen-bond acceptors (Lipinski definition) is 5. The van der Waals surface area contributed by atoms with Gasteiger partial charge in [-0.05, 0) is 19.4 Å². The Kier molecular flexibility index (Phi) is 3.35. The van der Waals surface area contributed by atoms with Gasteiger partial charge in [0, 0.05) is 24.3 Å². The molecule has 3 rings (SSSR count). The third-order valence-electron chi connectivity index (χ3n) is 3.20. The van der Waals surface area contributed by atoms with Gasteiger partial charge in [0.25, 0.3) is 11.7 Å². The van der Waals surface area contributed by atoms with Crippen LogP contribution in [0.25, 0.3) is 5.78 Å². The van der Waals surface area contributed by atoms with Gasteiger partial charge in [0.05, 0.1) is 6.04 Å². The van der Waals surface area contributed by atoms with E-state index < -0.39 is 0 Å². The summed E-state index contributed by atoms with van der Waals surface area (Å²) in [6.45, 7) is 3.85. The number of aromatic amines is 1. The molecule has 0 fully saturated rings. The Labute approximate surface area is 120 Å². The molecular formula is C13H15N7O. The molecule has 0 aliphatic rings. The lowest BCUT2D eigenvalue weighted by Gasteiger charge is -2.12. The molecule has 0 spiro atoms. The van der Waals surface area contributed by atoms with Gasteiger partial charge < -0.3 is 10.3 Å². The Morgan fingerprint density at radius 2 is 2.29 bits per heavy atom. The predicted octanol–water partition coefficient (Wildman–Crippen LogP) is 1.04. The molecule has 2 N–H and O–H groups in total. The molecule has 0 aliphatic carbocycles.